The summed E-state index contributed by atoms with van der Waals surface area (Å²) in [6.07, 6.45) is 6.97. The van der Waals surface area contributed by atoms with E-state index in [0.717, 1.165) is 6.08 Å². The van der Waals surface area contributed by atoms with Gasteiger partial charge < -0.3 is 14.9 Å². The minimum Gasteiger partial charge on any atom is -0.478 e. The van der Waals surface area contributed by atoms with Crippen LogP contribution in [0.25, 0.3) is 0 Å². The molecule has 2 atom stereocenters. The van der Waals surface area contributed by atoms with Gasteiger partial charge in [0.2, 0.25) is 0 Å². The number of hydrogen-bond donors (Lipinski definition) is 2. The Labute approximate surface area is 88.2 Å². The van der Waals surface area contributed by atoms with Gasteiger partial charge in [-0.1, -0.05) is 6.08 Å². The molecular weight excluding hydrogens is 196 g/mol. The van der Waals surface area contributed by atoms with Crippen molar-refractivity contribution in [3.8, 4) is 0 Å². The molecule has 0 saturated carbocycles. The maximum Gasteiger partial charge on any atom is 0.328 e. The molecule has 0 spiro atoms. The highest BCUT2D eigenvalue weighted by Gasteiger charge is 2.29. The highest BCUT2D eigenvalue weighted by Crippen LogP contribution is 2.23. The third kappa shape index (κ3) is 3.04. The average Bonchev–Trinajstić information content (AvgIpc) is 2.15. The molecule has 82 valence electrons. The van der Waals surface area contributed by atoms with Crippen LogP contribution in [0.4, 0.5) is 0 Å². The fraction of sp³-hybridized carbons (Fsp3) is 0.364. The largest absolute Gasteiger partial charge is 0.478 e. The summed E-state index contributed by atoms with van der Waals surface area (Å²) in [7, 11) is 1.49. The van der Waals surface area contributed by atoms with E-state index < -0.39 is 17.7 Å². The SMILES string of the molecule is COC1C=C(/C=C/C(=O)O)C=CC1(C)O. The van der Waals surface area contributed by atoms with E-state index in [4.69, 9.17) is 9.84 Å². The molecule has 15 heavy (non-hydrogen) atoms. The number of carbonyl (C=O) groups is 1. The summed E-state index contributed by atoms with van der Waals surface area (Å²) in [5.74, 6) is -1.00. The number of carboxylic acids is 1. The molecule has 0 radical (unpaired) electrons. The predicted molar refractivity (Wildman–Crippen MR) is 55.4 cm³/mol. The quantitative estimate of drug-likeness (QED) is 0.679. The third-order valence-corrected chi connectivity index (χ3v) is 2.21. The smallest absolute Gasteiger partial charge is 0.328 e. The molecule has 0 saturated heterocycles. The lowest BCUT2D eigenvalue weighted by Gasteiger charge is -2.29. The second kappa shape index (κ2) is 4.42. The minimum atomic E-state index is -1.05. The lowest BCUT2D eigenvalue weighted by molar-refractivity contribution is -0.131. The van der Waals surface area contributed by atoms with E-state index >= 15 is 0 Å². The Kier molecular flexibility index (Phi) is 3.44. The lowest BCUT2D eigenvalue weighted by Crippen LogP contribution is -2.38. The van der Waals surface area contributed by atoms with Gasteiger partial charge in [-0.25, -0.2) is 4.79 Å². The first-order valence-electron chi connectivity index (χ1n) is 4.53. The second-order valence-corrected chi connectivity index (χ2v) is 3.55. The fourth-order valence-corrected chi connectivity index (χ4v) is 1.34. The molecule has 0 amide bonds. The van der Waals surface area contributed by atoms with E-state index in [1.54, 1.807) is 25.2 Å². The molecule has 0 aliphatic heterocycles. The first-order chi connectivity index (χ1) is 6.95. The van der Waals surface area contributed by atoms with Crippen LogP contribution in [0.1, 0.15) is 6.92 Å². The van der Waals surface area contributed by atoms with Crippen molar-refractivity contribution in [3.05, 3.63) is 36.0 Å². The van der Waals surface area contributed by atoms with E-state index in [0.29, 0.717) is 5.57 Å². The van der Waals surface area contributed by atoms with Crippen LogP contribution in [0.15, 0.2) is 36.0 Å². The van der Waals surface area contributed by atoms with Gasteiger partial charge in [-0.05, 0) is 30.7 Å². The van der Waals surface area contributed by atoms with Crippen LogP contribution in [-0.2, 0) is 9.53 Å². The van der Waals surface area contributed by atoms with E-state index in [-0.39, 0.29) is 0 Å². The molecule has 1 rings (SSSR count). The number of ether oxygens (including phenoxy) is 1. The van der Waals surface area contributed by atoms with Crippen molar-refractivity contribution in [2.45, 2.75) is 18.6 Å². The van der Waals surface area contributed by atoms with Crippen LogP contribution in [-0.4, -0.2) is 35.0 Å². The van der Waals surface area contributed by atoms with Gasteiger partial charge in [0, 0.05) is 13.2 Å². The van der Waals surface area contributed by atoms with Crippen LogP contribution in [0.3, 0.4) is 0 Å². The van der Waals surface area contributed by atoms with Crippen molar-refractivity contribution < 1.29 is 19.7 Å². The summed E-state index contributed by atoms with van der Waals surface area (Å²) in [6.45, 7) is 1.63. The molecular formula is C11H14O4. The number of allylic oxidation sites excluding steroid dienone is 3. The second-order valence-electron chi connectivity index (χ2n) is 3.55. The van der Waals surface area contributed by atoms with Gasteiger partial charge in [-0.2, -0.15) is 0 Å². The molecule has 2 unspecified atom stereocenters. The topological polar surface area (TPSA) is 66.8 Å². The number of hydrogen-bond acceptors (Lipinski definition) is 3. The van der Waals surface area contributed by atoms with Crippen molar-refractivity contribution in [2.75, 3.05) is 7.11 Å². The van der Waals surface area contributed by atoms with Gasteiger partial charge in [0.1, 0.15) is 11.7 Å². The van der Waals surface area contributed by atoms with Crippen LogP contribution < -0.4 is 0 Å². The Hall–Kier alpha value is -1.39. The number of aliphatic hydroxyl groups is 1. The predicted octanol–water partition coefficient (Wildman–Crippen LogP) is 0.889. The standard InChI is InChI=1S/C11H14O4/c1-11(14)6-5-8(3-4-10(12)13)7-9(11)15-2/h3-7,9,14H,1-2H3,(H,12,13)/b4-3+. The Morgan fingerprint density at radius 1 is 1.67 bits per heavy atom. The van der Waals surface area contributed by atoms with E-state index in [9.17, 15) is 9.90 Å². The first-order valence-corrected chi connectivity index (χ1v) is 4.53. The number of methoxy groups -OCH3 is 1. The van der Waals surface area contributed by atoms with Gasteiger partial charge in [0.15, 0.2) is 0 Å². The van der Waals surface area contributed by atoms with Gasteiger partial charge in [0.05, 0.1) is 0 Å². The molecule has 0 aromatic heterocycles. The van der Waals surface area contributed by atoms with Crippen molar-refractivity contribution in [1.82, 2.24) is 0 Å². The lowest BCUT2D eigenvalue weighted by atomic mass is 9.91. The van der Waals surface area contributed by atoms with Gasteiger partial charge in [0.25, 0.3) is 0 Å². The molecule has 1 aliphatic rings. The zero-order valence-corrected chi connectivity index (χ0v) is 8.68. The summed E-state index contributed by atoms with van der Waals surface area (Å²) in [5, 5.41) is 18.3. The molecule has 0 bridgehead atoms. The minimum absolute atomic E-state index is 0.462. The molecule has 0 aromatic carbocycles. The molecule has 4 nitrogen and oxygen atoms in total. The molecule has 0 heterocycles. The van der Waals surface area contributed by atoms with Gasteiger partial charge >= 0.3 is 5.97 Å². The van der Waals surface area contributed by atoms with Crippen LogP contribution >= 0.6 is 0 Å². The molecule has 0 fully saturated rings. The zero-order chi connectivity index (χ0) is 11.5. The number of rotatable bonds is 3. The van der Waals surface area contributed by atoms with Gasteiger partial charge in [-0.3, -0.25) is 0 Å². The van der Waals surface area contributed by atoms with Crippen LogP contribution in [0.5, 0.6) is 0 Å². The number of aliphatic carboxylic acids is 1. The maximum atomic E-state index is 10.3. The summed E-state index contributed by atoms with van der Waals surface area (Å²) >= 11 is 0. The molecule has 1 aliphatic carbocycles. The Morgan fingerprint density at radius 2 is 2.33 bits per heavy atom. The van der Waals surface area contributed by atoms with Crippen molar-refractivity contribution >= 4 is 5.97 Å². The molecule has 0 aromatic rings. The summed E-state index contributed by atoms with van der Waals surface area (Å²) < 4.78 is 5.08. The van der Waals surface area contributed by atoms with Crippen molar-refractivity contribution in [3.63, 3.8) is 0 Å². The summed E-state index contributed by atoms with van der Waals surface area (Å²) in [6, 6.07) is 0. The normalized spacial score (nSPS) is 30.6. The van der Waals surface area contributed by atoms with E-state index in [1.165, 1.54) is 13.2 Å². The average molecular weight is 210 g/mol. The maximum absolute atomic E-state index is 10.3. The highest BCUT2D eigenvalue weighted by atomic mass is 16.5. The number of carboxylic acid groups (broad SMARTS) is 1. The monoisotopic (exact) mass is 210 g/mol. The van der Waals surface area contributed by atoms with Crippen LogP contribution in [0.2, 0.25) is 0 Å². The Bertz CT molecular complexity index is 336. The van der Waals surface area contributed by atoms with Crippen molar-refractivity contribution in [2.24, 2.45) is 0 Å². The summed E-state index contributed by atoms with van der Waals surface area (Å²) in [4.78, 5) is 10.3. The zero-order valence-electron chi connectivity index (χ0n) is 8.68. The van der Waals surface area contributed by atoms with Gasteiger partial charge in [-0.15, -0.1) is 0 Å². The molecule has 2 N–H and O–H groups in total. The van der Waals surface area contributed by atoms with E-state index in [1.807, 2.05) is 0 Å². The molecule has 4 heteroatoms. The Balaban J connectivity index is 2.83. The third-order valence-electron chi connectivity index (χ3n) is 2.21. The highest BCUT2D eigenvalue weighted by molar-refractivity contribution is 5.80. The summed E-state index contributed by atoms with van der Waals surface area (Å²) in [5.41, 5.74) is -0.342. The van der Waals surface area contributed by atoms with E-state index in [2.05, 4.69) is 0 Å². The van der Waals surface area contributed by atoms with Crippen LogP contribution in [0, 0.1) is 0 Å². The first kappa shape index (κ1) is 11.7. The van der Waals surface area contributed by atoms with Crippen molar-refractivity contribution in [1.29, 1.82) is 0 Å². The fourth-order valence-electron chi connectivity index (χ4n) is 1.34. The Morgan fingerprint density at radius 3 is 2.87 bits per heavy atom.